The fourth-order valence-corrected chi connectivity index (χ4v) is 1.51. The van der Waals surface area contributed by atoms with Crippen LogP contribution in [0, 0.1) is 6.92 Å². The molecular weight excluding hydrogens is 190 g/mol. The summed E-state index contributed by atoms with van der Waals surface area (Å²) in [7, 11) is 1.92. The first-order valence-electron chi connectivity index (χ1n) is 5.01. The summed E-state index contributed by atoms with van der Waals surface area (Å²) in [5.41, 5.74) is 2.83. The number of aliphatic hydroxyl groups is 1. The summed E-state index contributed by atoms with van der Waals surface area (Å²) >= 11 is 0. The third-order valence-corrected chi connectivity index (χ3v) is 2.35. The lowest BCUT2D eigenvalue weighted by atomic mass is 10.1. The summed E-state index contributed by atoms with van der Waals surface area (Å²) in [4.78, 5) is 12.8. The molecule has 0 radical (unpaired) electrons. The molecule has 0 saturated heterocycles. The maximum Gasteiger partial charge on any atom is 0.150 e. The molecule has 0 aliphatic carbocycles. The molecule has 0 amide bonds. The van der Waals surface area contributed by atoms with Crippen LogP contribution in [0.3, 0.4) is 0 Å². The largest absolute Gasteiger partial charge is 0.395 e. The summed E-state index contributed by atoms with van der Waals surface area (Å²) in [5.74, 6) is 0. The summed E-state index contributed by atoms with van der Waals surface area (Å²) in [6.07, 6.45) is 0.884. The second kappa shape index (κ2) is 5.63. The molecule has 1 aromatic carbocycles. The summed E-state index contributed by atoms with van der Waals surface area (Å²) in [6.45, 7) is 3.41. The lowest BCUT2D eigenvalue weighted by Gasteiger charge is -2.16. The van der Waals surface area contributed by atoms with Gasteiger partial charge < -0.3 is 5.11 Å². The quantitative estimate of drug-likeness (QED) is 0.738. The van der Waals surface area contributed by atoms with Crippen LogP contribution >= 0.6 is 0 Å². The molecule has 0 spiro atoms. The molecule has 3 heteroatoms. The normalized spacial score (nSPS) is 10.7. The molecule has 0 saturated carbocycles. The second-order valence-corrected chi connectivity index (χ2v) is 3.78. The van der Waals surface area contributed by atoms with Crippen molar-refractivity contribution in [1.82, 2.24) is 4.90 Å². The van der Waals surface area contributed by atoms with Gasteiger partial charge >= 0.3 is 0 Å². The van der Waals surface area contributed by atoms with E-state index in [0.717, 1.165) is 23.0 Å². The van der Waals surface area contributed by atoms with Crippen molar-refractivity contribution in [3.63, 3.8) is 0 Å². The van der Waals surface area contributed by atoms with Crippen LogP contribution in [0.1, 0.15) is 21.5 Å². The Labute approximate surface area is 90.3 Å². The topological polar surface area (TPSA) is 40.5 Å². The Morgan fingerprint density at radius 2 is 2.20 bits per heavy atom. The zero-order valence-corrected chi connectivity index (χ0v) is 9.23. The highest BCUT2D eigenvalue weighted by molar-refractivity contribution is 5.77. The van der Waals surface area contributed by atoms with E-state index in [1.165, 1.54) is 0 Å². The van der Waals surface area contributed by atoms with Crippen molar-refractivity contribution >= 4 is 6.29 Å². The predicted octanol–water partition coefficient (Wildman–Crippen LogP) is 1.23. The molecule has 0 fully saturated rings. The van der Waals surface area contributed by atoms with Gasteiger partial charge in [0, 0.05) is 18.7 Å². The number of aliphatic hydroxyl groups excluding tert-OH is 1. The molecule has 1 rings (SSSR count). The molecule has 82 valence electrons. The number of hydrogen-bond acceptors (Lipinski definition) is 3. The Bertz CT molecular complexity index is 336. The number of carbonyl (C=O) groups is 1. The van der Waals surface area contributed by atoms with Crippen molar-refractivity contribution in [2.75, 3.05) is 20.2 Å². The standard InChI is InChI=1S/C12H17NO2/c1-10-3-4-11(12(7-10)9-15)8-13(2)5-6-14/h3-4,7,9,14H,5-6,8H2,1-2H3. The molecule has 15 heavy (non-hydrogen) atoms. The van der Waals surface area contributed by atoms with Gasteiger partial charge in [-0.1, -0.05) is 17.7 Å². The van der Waals surface area contributed by atoms with Crippen molar-refractivity contribution in [2.45, 2.75) is 13.5 Å². The molecule has 0 unspecified atom stereocenters. The van der Waals surface area contributed by atoms with Gasteiger partial charge in [-0.15, -0.1) is 0 Å². The van der Waals surface area contributed by atoms with E-state index >= 15 is 0 Å². The van der Waals surface area contributed by atoms with Crippen LogP contribution in [-0.4, -0.2) is 36.5 Å². The fourth-order valence-electron chi connectivity index (χ4n) is 1.51. The van der Waals surface area contributed by atoms with Crippen LogP contribution in [-0.2, 0) is 6.54 Å². The molecular formula is C12H17NO2. The summed E-state index contributed by atoms with van der Waals surface area (Å²) in [5, 5.41) is 8.77. The number of aryl methyl sites for hydroxylation is 1. The monoisotopic (exact) mass is 207 g/mol. The highest BCUT2D eigenvalue weighted by Crippen LogP contribution is 2.11. The van der Waals surface area contributed by atoms with Gasteiger partial charge in [0.15, 0.2) is 0 Å². The number of carbonyl (C=O) groups excluding carboxylic acids is 1. The number of nitrogens with zero attached hydrogens (tertiary/aromatic N) is 1. The van der Waals surface area contributed by atoms with Crippen LogP contribution < -0.4 is 0 Å². The molecule has 0 bridgehead atoms. The molecule has 0 heterocycles. The predicted molar refractivity (Wildman–Crippen MR) is 60.0 cm³/mol. The average Bonchev–Trinajstić information content (AvgIpc) is 2.21. The molecule has 1 aromatic rings. The molecule has 0 aliphatic heterocycles. The van der Waals surface area contributed by atoms with Gasteiger partial charge in [0.2, 0.25) is 0 Å². The third-order valence-electron chi connectivity index (χ3n) is 2.35. The minimum Gasteiger partial charge on any atom is -0.395 e. The van der Waals surface area contributed by atoms with Crippen LogP contribution in [0.5, 0.6) is 0 Å². The zero-order valence-electron chi connectivity index (χ0n) is 9.23. The average molecular weight is 207 g/mol. The van der Waals surface area contributed by atoms with Gasteiger partial charge in [-0.3, -0.25) is 9.69 Å². The fraction of sp³-hybridized carbons (Fsp3) is 0.417. The van der Waals surface area contributed by atoms with Gasteiger partial charge in [0.25, 0.3) is 0 Å². The Balaban J connectivity index is 2.80. The summed E-state index contributed by atoms with van der Waals surface area (Å²) < 4.78 is 0. The lowest BCUT2D eigenvalue weighted by Crippen LogP contribution is -2.22. The van der Waals surface area contributed by atoms with Gasteiger partial charge in [-0.25, -0.2) is 0 Å². The van der Waals surface area contributed by atoms with Gasteiger partial charge in [-0.2, -0.15) is 0 Å². The van der Waals surface area contributed by atoms with E-state index < -0.39 is 0 Å². The van der Waals surface area contributed by atoms with E-state index in [1.807, 2.05) is 37.1 Å². The molecule has 3 nitrogen and oxygen atoms in total. The molecule has 0 aromatic heterocycles. The Morgan fingerprint density at radius 1 is 1.47 bits per heavy atom. The van der Waals surface area contributed by atoms with Crippen molar-refractivity contribution in [3.8, 4) is 0 Å². The van der Waals surface area contributed by atoms with E-state index in [9.17, 15) is 4.79 Å². The number of hydrogen-bond donors (Lipinski definition) is 1. The molecule has 0 atom stereocenters. The van der Waals surface area contributed by atoms with Gasteiger partial charge in [0.05, 0.1) is 6.61 Å². The minimum absolute atomic E-state index is 0.138. The van der Waals surface area contributed by atoms with E-state index in [-0.39, 0.29) is 6.61 Å². The maximum absolute atomic E-state index is 10.9. The van der Waals surface area contributed by atoms with Crippen LogP contribution in [0.25, 0.3) is 0 Å². The first-order valence-corrected chi connectivity index (χ1v) is 5.01. The van der Waals surface area contributed by atoms with Gasteiger partial charge in [0.1, 0.15) is 6.29 Å². The first kappa shape index (κ1) is 11.9. The highest BCUT2D eigenvalue weighted by Gasteiger charge is 2.04. The van der Waals surface area contributed by atoms with Crippen LogP contribution in [0.15, 0.2) is 18.2 Å². The Morgan fingerprint density at radius 3 is 2.80 bits per heavy atom. The van der Waals surface area contributed by atoms with Crippen molar-refractivity contribution < 1.29 is 9.90 Å². The zero-order chi connectivity index (χ0) is 11.3. The van der Waals surface area contributed by atoms with E-state index in [4.69, 9.17) is 5.11 Å². The van der Waals surface area contributed by atoms with Crippen molar-refractivity contribution in [3.05, 3.63) is 34.9 Å². The number of aldehydes is 1. The Kier molecular flexibility index (Phi) is 4.46. The lowest BCUT2D eigenvalue weighted by molar-refractivity contribution is 0.112. The number of rotatable bonds is 5. The van der Waals surface area contributed by atoms with Crippen molar-refractivity contribution in [1.29, 1.82) is 0 Å². The molecule has 1 N–H and O–H groups in total. The van der Waals surface area contributed by atoms with Crippen molar-refractivity contribution in [2.24, 2.45) is 0 Å². The van der Waals surface area contributed by atoms with E-state index in [1.54, 1.807) is 0 Å². The van der Waals surface area contributed by atoms with E-state index in [2.05, 4.69) is 0 Å². The minimum atomic E-state index is 0.138. The number of benzene rings is 1. The second-order valence-electron chi connectivity index (χ2n) is 3.78. The third kappa shape index (κ3) is 3.46. The number of likely N-dealkylation sites (N-methyl/N-ethyl adjacent to an activating group) is 1. The molecule has 0 aliphatic rings. The Hall–Kier alpha value is -1.19. The van der Waals surface area contributed by atoms with Crippen LogP contribution in [0.4, 0.5) is 0 Å². The highest BCUT2D eigenvalue weighted by atomic mass is 16.3. The summed E-state index contributed by atoms with van der Waals surface area (Å²) in [6, 6.07) is 5.84. The van der Waals surface area contributed by atoms with E-state index in [0.29, 0.717) is 13.1 Å². The van der Waals surface area contributed by atoms with Gasteiger partial charge in [-0.05, 0) is 25.6 Å². The first-order chi connectivity index (χ1) is 7.17. The SMILES string of the molecule is Cc1ccc(CN(C)CCO)c(C=O)c1. The maximum atomic E-state index is 10.9. The smallest absolute Gasteiger partial charge is 0.150 e. The van der Waals surface area contributed by atoms with Crippen LogP contribution in [0.2, 0.25) is 0 Å².